The number of aromatic nitrogens is 1. The highest BCUT2D eigenvalue weighted by atomic mass is 16.5. The number of benzene rings is 3. The third kappa shape index (κ3) is 4.79. The van der Waals surface area contributed by atoms with E-state index in [0.717, 1.165) is 32.6 Å². The number of anilines is 1. The number of carbonyl (C=O) groups is 5. The molecule has 0 saturated carbocycles. The standard InChI is InChI=1S/C32H29N5O7/c1-44-18-12-10-17(11-13-18)28-27-21(19-6-2-4-8-22(19)34-27)16-25-30(40)37(32(43)36(25)28)24-9-5-3-7-20(24)29(39)35-23(31(41)42)14-15-26(33)38/h2-13,23,25,28,34H,14-16H2,1H3,(H2,33,38)(H,35,39)(H,41,42)/t23-,25-,28-/m0/s1. The summed E-state index contributed by atoms with van der Waals surface area (Å²) in [6.45, 7) is 0. The number of hydrogen-bond acceptors (Lipinski definition) is 6. The molecular weight excluding hydrogens is 566 g/mol. The van der Waals surface area contributed by atoms with Crippen molar-refractivity contribution in [3.63, 3.8) is 0 Å². The third-order valence-electron chi connectivity index (χ3n) is 8.15. The van der Waals surface area contributed by atoms with Crippen molar-refractivity contribution in [3.8, 4) is 5.75 Å². The Kier molecular flexibility index (Phi) is 7.25. The summed E-state index contributed by atoms with van der Waals surface area (Å²) in [5, 5.41) is 12.9. The van der Waals surface area contributed by atoms with Crippen LogP contribution in [0.4, 0.5) is 10.5 Å². The van der Waals surface area contributed by atoms with Crippen LogP contribution in [0.1, 0.15) is 46.1 Å². The van der Waals surface area contributed by atoms with E-state index in [1.54, 1.807) is 31.4 Å². The predicted octanol–water partition coefficient (Wildman–Crippen LogP) is 3.11. The van der Waals surface area contributed by atoms with Crippen molar-refractivity contribution in [2.75, 3.05) is 12.0 Å². The van der Waals surface area contributed by atoms with E-state index in [0.29, 0.717) is 5.75 Å². The number of methoxy groups -OCH3 is 1. The zero-order chi connectivity index (χ0) is 31.1. The number of amides is 5. The summed E-state index contributed by atoms with van der Waals surface area (Å²) in [7, 11) is 1.56. The number of rotatable bonds is 9. The molecule has 224 valence electrons. The summed E-state index contributed by atoms with van der Waals surface area (Å²) < 4.78 is 5.33. The number of nitrogens with zero attached hydrogens (tertiary/aromatic N) is 2. The molecular formula is C32H29N5O7. The molecule has 0 spiro atoms. The number of nitrogens with one attached hydrogen (secondary N) is 2. The average molecular weight is 596 g/mol. The second-order valence-electron chi connectivity index (χ2n) is 10.7. The van der Waals surface area contributed by atoms with Crippen molar-refractivity contribution in [2.45, 2.75) is 37.4 Å². The molecule has 5 amide bonds. The Morgan fingerprint density at radius 3 is 2.45 bits per heavy atom. The topological polar surface area (TPSA) is 175 Å². The molecule has 5 N–H and O–H groups in total. The van der Waals surface area contributed by atoms with Crippen molar-refractivity contribution >= 4 is 46.3 Å². The van der Waals surface area contributed by atoms with Crippen LogP contribution in [-0.2, 0) is 20.8 Å². The van der Waals surface area contributed by atoms with Crippen molar-refractivity contribution < 1.29 is 33.8 Å². The number of aliphatic carboxylic acids is 1. The van der Waals surface area contributed by atoms with Gasteiger partial charge in [0.1, 0.15) is 23.9 Å². The van der Waals surface area contributed by atoms with Crippen LogP contribution in [0, 0.1) is 0 Å². The number of primary amides is 1. The Bertz CT molecular complexity index is 1820. The molecule has 0 unspecified atom stereocenters. The average Bonchev–Trinajstić information content (AvgIpc) is 3.51. The van der Waals surface area contributed by atoms with E-state index in [4.69, 9.17) is 10.5 Å². The van der Waals surface area contributed by atoms with Crippen LogP contribution in [-0.4, -0.2) is 63.9 Å². The van der Waals surface area contributed by atoms with Gasteiger partial charge in [-0.1, -0.05) is 42.5 Å². The number of para-hydroxylation sites is 2. The first kappa shape index (κ1) is 28.5. The molecule has 12 heteroatoms. The monoisotopic (exact) mass is 595 g/mol. The molecule has 2 aliphatic rings. The number of hydrogen-bond donors (Lipinski definition) is 4. The van der Waals surface area contributed by atoms with Gasteiger partial charge in [0, 0.05) is 29.4 Å². The van der Waals surface area contributed by atoms with Gasteiger partial charge < -0.3 is 25.9 Å². The molecule has 12 nitrogen and oxygen atoms in total. The maximum absolute atomic E-state index is 14.3. The number of carboxylic acid groups (broad SMARTS) is 1. The van der Waals surface area contributed by atoms with E-state index in [-0.39, 0.29) is 30.5 Å². The highest BCUT2D eigenvalue weighted by Gasteiger charge is 2.53. The van der Waals surface area contributed by atoms with Crippen LogP contribution in [0.15, 0.2) is 72.8 Å². The van der Waals surface area contributed by atoms with Crippen LogP contribution >= 0.6 is 0 Å². The normalized spacial score (nSPS) is 18.1. The quantitative estimate of drug-likeness (QED) is 0.215. The first-order valence-corrected chi connectivity index (χ1v) is 14.0. The summed E-state index contributed by atoms with van der Waals surface area (Å²) in [5.74, 6) is -2.74. The van der Waals surface area contributed by atoms with Gasteiger partial charge in [-0.2, -0.15) is 0 Å². The molecule has 3 atom stereocenters. The van der Waals surface area contributed by atoms with Gasteiger partial charge in [0.15, 0.2) is 0 Å². The van der Waals surface area contributed by atoms with Crippen LogP contribution in [0.5, 0.6) is 5.75 Å². The molecule has 0 radical (unpaired) electrons. The molecule has 0 aliphatic carbocycles. The fourth-order valence-electron chi connectivity index (χ4n) is 6.07. The Hall–Kier alpha value is -5.65. The number of aromatic amines is 1. The lowest BCUT2D eigenvalue weighted by atomic mass is 9.89. The summed E-state index contributed by atoms with van der Waals surface area (Å²) in [5.41, 5.74) is 8.49. The van der Waals surface area contributed by atoms with Crippen LogP contribution < -0.4 is 20.7 Å². The van der Waals surface area contributed by atoms with Gasteiger partial charge in [-0.25, -0.2) is 14.5 Å². The van der Waals surface area contributed by atoms with Crippen LogP contribution in [0.3, 0.4) is 0 Å². The van der Waals surface area contributed by atoms with Gasteiger partial charge in [0.25, 0.3) is 11.8 Å². The summed E-state index contributed by atoms with van der Waals surface area (Å²) >= 11 is 0. The Labute approximate surface area is 251 Å². The van der Waals surface area contributed by atoms with E-state index < -0.39 is 47.8 Å². The Balaban J connectivity index is 1.40. The van der Waals surface area contributed by atoms with Gasteiger partial charge in [-0.15, -0.1) is 0 Å². The fraction of sp³-hybridized carbons (Fsp3) is 0.219. The molecule has 4 aromatic rings. The predicted molar refractivity (Wildman–Crippen MR) is 159 cm³/mol. The molecule has 1 fully saturated rings. The number of fused-ring (bicyclic) bond motifs is 4. The second kappa shape index (κ2) is 11.2. The highest BCUT2D eigenvalue weighted by molar-refractivity contribution is 6.24. The first-order valence-electron chi connectivity index (χ1n) is 14.0. The second-order valence-corrected chi connectivity index (χ2v) is 10.7. The highest BCUT2D eigenvalue weighted by Crippen LogP contribution is 2.45. The number of nitrogens with two attached hydrogens (primary N) is 1. The minimum Gasteiger partial charge on any atom is -0.497 e. The number of carbonyl (C=O) groups excluding carboxylic acids is 4. The van der Waals surface area contributed by atoms with Gasteiger partial charge in [-0.3, -0.25) is 19.3 Å². The minimum atomic E-state index is -1.41. The van der Waals surface area contributed by atoms with Crippen molar-refractivity contribution in [1.29, 1.82) is 0 Å². The SMILES string of the molecule is COc1ccc([C@H]2c3[nH]c4ccccc4c3C[C@H]3C(=O)N(c4ccccc4C(=O)N[C@@H](CCC(N)=O)C(=O)O)C(=O)N23)cc1. The zero-order valence-corrected chi connectivity index (χ0v) is 23.7. The van der Waals surface area contributed by atoms with Crippen LogP contribution in [0.2, 0.25) is 0 Å². The molecule has 44 heavy (non-hydrogen) atoms. The van der Waals surface area contributed by atoms with E-state index in [9.17, 15) is 29.1 Å². The Morgan fingerprint density at radius 2 is 1.75 bits per heavy atom. The lowest BCUT2D eigenvalue weighted by Crippen LogP contribution is -2.44. The molecule has 1 aromatic heterocycles. The minimum absolute atomic E-state index is 0.0236. The first-order chi connectivity index (χ1) is 21.2. The van der Waals surface area contributed by atoms with Crippen molar-refractivity contribution in [1.82, 2.24) is 15.2 Å². The summed E-state index contributed by atoms with van der Waals surface area (Å²) in [4.78, 5) is 70.8. The number of ether oxygens (including phenoxy) is 1. The van der Waals surface area contributed by atoms with E-state index in [1.165, 1.54) is 17.0 Å². The van der Waals surface area contributed by atoms with Gasteiger partial charge in [-0.05, 0) is 47.9 Å². The van der Waals surface area contributed by atoms with Gasteiger partial charge in [0.2, 0.25) is 5.91 Å². The maximum Gasteiger partial charge on any atom is 0.332 e. The van der Waals surface area contributed by atoms with Crippen molar-refractivity contribution in [2.24, 2.45) is 5.73 Å². The van der Waals surface area contributed by atoms with E-state index >= 15 is 0 Å². The molecule has 3 heterocycles. The lowest BCUT2D eigenvalue weighted by Gasteiger charge is -2.36. The number of carboxylic acids is 1. The maximum atomic E-state index is 14.3. The molecule has 6 rings (SSSR count). The zero-order valence-electron chi connectivity index (χ0n) is 23.7. The number of urea groups is 1. The number of imide groups is 1. The van der Waals surface area contributed by atoms with Crippen molar-refractivity contribution in [3.05, 3.63) is 95.2 Å². The largest absolute Gasteiger partial charge is 0.497 e. The number of H-pyrrole nitrogens is 1. The van der Waals surface area contributed by atoms with E-state index in [1.807, 2.05) is 36.4 Å². The fourth-order valence-corrected chi connectivity index (χ4v) is 6.07. The summed E-state index contributed by atoms with van der Waals surface area (Å²) in [6.07, 6.45) is -0.207. The molecule has 1 saturated heterocycles. The third-order valence-corrected chi connectivity index (χ3v) is 8.15. The smallest absolute Gasteiger partial charge is 0.332 e. The Morgan fingerprint density at radius 1 is 1.05 bits per heavy atom. The summed E-state index contributed by atoms with van der Waals surface area (Å²) in [6, 6.07) is 17.5. The van der Waals surface area contributed by atoms with Crippen LogP contribution in [0.25, 0.3) is 10.9 Å². The van der Waals surface area contributed by atoms with Gasteiger partial charge in [0.05, 0.1) is 18.4 Å². The molecule has 2 aliphatic heterocycles. The van der Waals surface area contributed by atoms with Gasteiger partial charge >= 0.3 is 12.0 Å². The lowest BCUT2D eigenvalue weighted by molar-refractivity contribution is -0.139. The molecule has 0 bridgehead atoms. The van der Waals surface area contributed by atoms with E-state index in [2.05, 4.69) is 10.3 Å². The molecule has 3 aromatic carbocycles.